The normalized spacial score (nSPS) is 21.4. The quantitative estimate of drug-likeness (QED) is 0.663. The van der Waals surface area contributed by atoms with E-state index in [0.29, 0.717) is 22.5 Å². The Balaban J connectivity index is 2.17. The summed E-state index contributed by atoms with van der Waals surface area (Å²) >= 11 is 1.93. The van der Waals surface area contributed by atoms with Crippen LogP contribution in [0, 0.1) is 21.4 Å². The fraction of sp³-hybridized carbons (Fsp3) is 0.500. The second-order valence-electron chi connectivity index (χ2n) is 4.77. The molecule has 0 aromatic heterocycles. The van der Waals surface area contributed by atoms with Crippen molar-refractivity contribution in [3.63, 3.8) is 0 Å². The van der Waals surface area contributed by atoms with Crippen molar-refractivity contribution >= 4 is 23.1 Å². The first-order chi connectivity index (χ1) is 9.65. The summed E-state index contributed by atoms with van der Waals surface area (Å²) in [5, 5.41) is 23.8. The molecule has 6 heteroatoms. The molecule has 2 rings (SSSR count). The maximum atomic E-state index is 10.7. The molecule has 1 aromatic carbocycles. The third kappa shape index (κ3) is 3.23. The van der Waals surface area contributed by atoms with Crippen molar-refractivity contribution in [3.8, 4) is 6.07 Å². The molecular formula is C14H17N3O2S. The van der Waals surface area contributed by atoms with Gasteiger partial charge in [-0.1, -0.05) is 13.3 Å². The highest BCUT2D eigenvalue weighted by atomic mass is 32.2. The molecule has 2 atom stereocenters. The minimum absolute atomic E-state index is 0.0435. The van der Waals surface area contributed by atoms with Gasteiger partial charge in [-0.25, -0.2) is 0 Å². The molecular weight excluding hydrogens is 274 g/mol. The SMILES string of the molecule is CCSC1CCCC1Nc1ccc([N+](=O)[O-])cc1C#N. The zero-order chi connectivity index (χ0) is 14.5. The lowest BCUT2D eigenvalue weighted by atomic mass is 10.1. The summed E-state index contributed by atoms with van der Waals surface area (Å²) < 4.78 is 0. The molecule has 1 aliphatic carbocycles. The molecule has 5 nitrogen and oxygen atoms in total. The number of benzene rings is 1. The number of hydrogen-bond donors (Lipinski definition) is 1. The Hall–Kier alpha value is -1.74. The van der Waals surface area contributed by atoms with Crippen LogP contribution in [-0.2, 0) is 0 Å². The molecule has 0 radical (unpaired) electrons. The zero-order valence-corrected chi connectivity index (χ0v) is 12.2. The lowest BCUT2D eigenvalue weighted by Crippen LogP contribution is -2.26. The fourth-order valence-corrected chi connectivity index (χ4v) is 3.77. The summed E-state index contributed by atoms with van der Waals surface area (Å²) in [6.07, 6.45) is 3.45. The second kappa shape index (κ2) is 6.62. The molecule has 2 unspecified atom stereocenters. The Bertz CT molecular complexity index is 542. The Morgan fingerprint density at radius 1 is 1.55 bits per heavy atom. The third-order valence-electron chi connectivity index (χ3n) is 3.51. The van der Waals surface area contributed by atoms with E-state index in [9.17, 15) is 10.1 Å². The highest BCUT2D eigenvalue weighted by Crippen LogP contribution is 2.33. The van der Waals surface area contributed by atoms with Crippen LogP contribution >= 0.6 is 11.8 Å². The van der Waals surface area contributed by atoms with Gasteiger partial charge in [0.25, 0.3) is 5.69 Å². The monoisotopic (exact) mass is 291 g/mol. The van der Waals surface area contributed by atoms with E-state index in [-0.39, 0.29) is 5.69 Å². The van der Waals surface area contributed by atoms with Gasteiger partial charge in [-0.2, -0.15) is 17.0 Å². The molecule has 0 saturated heterocycles. The van der Waals surface area contributed by atoms with E-state index in [2.05, 4.69) is 12.2 Å². The maximum Gasteiger partial charge on any atom is 0.270 e. The molecule has 20 heavy (non-hydrogen) atoms. The van der Waals surface area contributed by atoms with Gasteiger partial charge in [-0.15, -0.1) is 0 Å². The van der Waals surface area contributed by atoms with Crippen molar-refractivity contribution in [2.45, 2.75) is 37.5 Å². The van der Waals surface area contributed by atoms with Crippen LogP contribution in [0.15, 0.2) is 18.2 Å². The number of rotatable bonds is 5. The van der Waals surface area contributed by atoms with Gasteiger partial charge >= 0.3 is 0 Å². The Morgan fingerprint density at radius 3 is 3.00 bits per heavy atom. The first-order valence-corrected chi connectivity index (χ1v) is 7.77. The molecule has 0 amide bonds. The van der Waals surface area contributed by atoms with Gasteiger partial charge in [0.05, 0.1) is 16.2 Å². The molecule has 1 saturated carbocycles. The maximum absolute atomic E-state index is 10.7. The largest absolute Gasteiger partial charge is 0.380 e. The number of nitro benzene ring substituents is 1. The molecule has 0 heterocycles. The van der Waals surface area contributed by atoms with Crippen molar-refractivity contribution in [1.82, 2.24) is 0 Å². The van der Waals surface area contributed by atoms with Gasteiger partial charge in [0, 0.05) is 23.4 Å². The van der Waals surface area contributed by atoms with Crippen molar-refractivity contribution in [3.05, 3.63) is 33.9 Å². The topological polar surface area (TPSA) is 79.0 Å². The molecule has 0 bridgehead atoms. The smallest absolute Gasteiger partial charge is 0.270 e. The second-order valence-corrected chi connectivity index (χ2v) is 6.29. The van der Waals surface area contributed by atoms with Crippen LogP contribution in [0.4, 0.5) is 11.4 Å². The lowest BCUT2D eigenvalue weighted by Gasteiger charge is -2.21. The summed E-state index contributed by atoms with van der Waals surface area (Å²) in [7, 11) is 0. The first-order valence-electron chi connectivity index (χ1n) is 6.72. The van der Waals surface area contributed by atoms with Crippen molar-refractivity contribution in [1.29, 1.82) is 5.26 Å². The van der Waals surface area contributed by atoms with E-state index in [1.165, 1.54) is 25.0 Å². The summed E-state index contributed by atoms with van der Waals surface area (Å²) in [4.78, 5) is 10.3. The highest BCUT2D eigenvalue weighted by Gasteiger charge is 2.27. The van der Waals surface area contributed by atoms with E-state index in [1.54, 1.807) is 6.07 Å². The van der Waals surface area contributed by atoms with Crippen LogP contribution in [0.5, 0.6) is 0 Å². The molecule has 106 valence electrons. The van der Waals surface area contributed by atoms with Gasteiger partial charge in [0.2, 0.25) is 0 Å². The van der Waals surface area contributed by atoms with Crippen LogP contribution in [0.25, 0.3) is 0 Å². The van der Waals surface area contributed by atoms with Gasteiger partial charge < -0.3 is 5.32 Å². The molecule has 0 aliphatic heterocycles. The highest BCUT2D eigenvalue weighted by molar-refractivity contribution is 7.99. The Kier molecular flexibility index (Phi) is 4.85. The van der Waals surface area contributed by atoms with Gasteiger partial charge in [0.15, 0.2) is 0 Å². The average molecular weight is 291 g/mol. The third-order valence-corrected chi connectivity index (χ3v) is 4.83. The Labute approximate surface area is 122 Å². The van der Waals surface area contributed by atoms with Crippen LogP contribution < -0.4 is 5.32 Å². The van der Waals surface area contributed by atoms with Crippen LogP contribution in [0.1, 0.15) is 31.7 Å². The van der Waals surface area contributed by atoms with E-state index >= 15 is 0 Å². The molecule has 1 N–H and O–H groups in total. The summed E-state index contributed by atoms with van der Waals surface area (Å²) in [6.45, 7) is 2.15. The van der Waals surface area contributed by atoms with Gasteiger partial charge in [-0.05, 0) is 24.7 Å². The minimum atomic E-state index is -0.476. The number of hydrogen-bond acceptors (Lipinski definition) is 5. The summed E-state index contributed by atoms with van der Waals surface area (Å²) in [5.41, 5.74) is 0.996. The van der Waals surface area contributed by atoms with Gasteiger partial charge in [-0.3, -0.25) is 10.1 Å². The van der Waals surface area contributed by atoms with E-state index in [0.717, 1.165) is 12.2 Å². The van der Waals surface area contributed by atoms with Crippen LogP contribution in [0.3, 0.4) is 0 Å². The van der Waals surface area contributed by atoms with Gasteiger partial charge in [0.1, 0.15) is 6.07 Å². The molecule has 1 fully saturated rings. The molecule has 1 aromatic rings. The number of nitriles is 1. The standard InChI is InChI=1S/C14H17N3O2S/c1-2-20-14-5-3-4-13(14)16-12-7-6-11(17(18)19)8-10(12)9-15/h6-8,13-14,16H,2-5H2,1H3. The Morgan fingerprint density at radius 2 is 2.35 bits per heavy atom. The number of nitrogens with one attached hydrogen (secondary N) is 1. The number of nitrogens with zero attached hydrogens (tertiary/aromatic N) is 2. The number of anilines is 1. The number of nitro groups is 1. The van der Waals surface area contributed by atoms with E-state index in [4.69, 9.17) is 5.26 Å². The number of non-ortho nitro benzene ring substituents is 1. The predicted octanol–water partition coefficient (Wildman–Crippen LogP) is 3.55. The zero-order valence-electron chi connectivity index (χ0n) is 11.3. The van der Waals surface area contributed by atoms with E-state index < -0.39 is 4.92 Å². The molecule has 0 spiro atoms. The predicted molar refractivity (Wildman–Crippen MR) is 81.0 cm³/mol. The van der Waals surface area contributed by atoms with Crippen LogP contribution in [0.2, 0.25) is 0 Å². The van der Waals surface area contributed by atoms with Crippen molar-refractivity contribution in [2.75, 3.05) is 11.1 Å². The summed E-state index contributed by atoms with van der Waals surface area (Å²) in [6, 6.07) is 6.80. The first kappa shape index (κ1) is 14.7. The lowest BCUT2D eigenvalue weighted by molar-refractivity contribution is -0.384. The van der Waals surface area contributed by atoms with Crippen LogP contribution in [-0.4, -0.2) is 22.0 Å². The minimum Gasteiger partial charge on any atom is -0.380 e. The fourth-order valence-electron chi connectivity index (χ4n) is 2.57. The average Bonchev–Trinajstić information content (AvgIpc) is 2.87. The van der Waals surface area contributed by atoms with E-state index in [1.807, 2.05) is 17.8 Å². The number of thioether (sulfide) groups is 1. The van der Waals surface area contributed by atoms with Crippen molar-refractivity contribution < 1.29 is 4.92 Å². The summed E-state index contributed by atoms with van der Waals surface area (Å²) in [5.74, 6) is 1.08. The molecule has 1 aliphatic rings. The van der Waals surface area contributed by atoms with Crippen molar-refractivity contribution in [2.24, 2.45) is 0 Å².